The van der Waals surface area contributed by atoms with Crippen LogP contribution in [0.25, 0.3) is 11.1 Å². The number of hydrogen-bond acceptors (Lipinski definition) is 16. The standard InChI is InChI=1S/C60H87FN12O10/c1-9-47(40-14-11-10-12-15-40)68-56(76)51-34-43(37-72(51)58(78)46(60(3,4)5)36-67-55(75)39(2)63-6)64-21-25-81-27-29-83-31-30-82-28-26-80-24-19-52(74)65-20-23-73-59(79-8)53-41-32-50(54(62)66-35-41)71-22-13-16-49(71)45-33-42(61)17-18-44(45)57(77)70(7)38-48(53)69-73/h10-12,14-15,17-18,32-33,35,39,43,46-47,49,51,63-64H,9,13,16,19-31,34,36-38H2,1-8H3,(H2,62,66)(H,65,74)(H,67,75)(H,68,76)/t39-,43-,46?,47+,49-,51-/m1/s1. The zero-order valence-corrected chi connectivity index (χ0v) is 49.6. The molecule has 23 heteroatoms. The number of methoxy groups -OCH3 is 1. The summed E-state index contributed by atoms with van der Waals surface area (Å²) in [6.45, 7) is 14.7. The van der Waals surface area contributed by atoms with Crippen molar-refractivity contribution in [1.82, 2.24) is 51.1 Å². The lowest BCUT2D eigenvalue weighted by atomic mass is 9.79. The van der Waals surface area contributed by atoms with E-state index in [2.05, 4.69) is 36.5 Å². The van der Waals surface area contributed by atoms with Crippen molar-refractivity contribution in [1.29, 1.82) is 0 Å². The Labute approximate surface area is 487 Å². The molecule has 2 aromatic carbocycles. The van der Waals surface area contributed by atoms with E-state index >= 15 is 0 Å². The number of nitrogens with one attached hydrogen (secondary N) is 5. The van der Waals surface area contributed by atoms with E-state index in [-0.39, 0.29) is 86.9 Å². The van der Waals surface area contributed by atoms with Crippen LogP contribution in [0.4, 0.5) is 15.9 Å². The van der Waals surface area contributed by atoms with Crippen LogP contribution >= 0.6 is 0 Å². The van der Waals surface area contributed by atoms with Gasteiger partial charge in [0.05, 0.1) is 114 Å². The van der Waals surface area contributed by atoms with E-state index in [1.165, 1.54) is 12.1 Å². The Kier molecular flexibility index (Phi) is 23.6. The minimum atomic E-state index is -0.695. The minimum absolute atomic E-state index is 0.120. The second-order valence-electron chi connectivity index (χ2n) is 22.4. The van der Waals surface area contributed by atoms with Gasteiger partial charge in [0.15, 0.2) is 0 Å². The van der Waals surface area contributed by atoms with Gasteiger partial charge in [-0.1, -0.05) is 58.0 Å². The number of carbonyl (C=O) groups excluding carboxylic acids is 5. The highest BCUT2D eigenvalue weighted by Crippen LogP contribution is 2.44. The van der Waals surface area contributed by atoms with Gasteiger partial charge in [-0.3, -0.25) is 24.0 Å². The number of carbonyl (C=O) groups is 5. The number of pyridine rings is 1. The van der Waals surface area contributed by atoms with Gasteiger partial charge in [-0.15, -0.1) is 0 Å². The number of aromatic nitrogens is 3. The van der Waals surface area contributed by atoms with E-state index in [1.807, 2.05) is 64.1 Å². The third kappa shape index (κ3) is 17.0. The second kappa shape index (κ2) is 30.7. The molecule has 3 aliphatic rings. The smallest absolute Gasteiger partial charge is 0.254 e. The quantitative estimate of drug-likeness (QED) is 0.0412. The maximum atomic E-state index is 14.7. The molecule has 5 amide bonds. The highest BCUT2D eigenvalue weighted by atomic mass is 19.1. The second-order valence-corrected chi connectivity index (χ2v) is 22.4. The Morgan fingerprint density at radius 1 is 0.916 bits per heavy atom. The molecule has 0 radical (unpaired) electrons. The molecule has 454 valence electrons. The number of benzene rings is 2. The SMILES string of the molecule is CC[C@H](NC(=O)[C@H]1C[C@@H](NCCOCCOCCOCCOCCC(=O)NCCn2nc3c(c2OC)-c2cnc(N)c(c2)N2CCC[C@@H]2c2cc(F)ccc2C(=O)N(C)C3)CN1C(=O)C(CNC(=O)[C@@H](C)NC)C(C)(C)C)c1ccccc1. The van der Waals surface area contributed by atoms with E-state index in [9.17, 15) is 28.4 Å². The van der Waals surface area contributed by atoms with Gasteiger partial charge in [-0.2, -0.15) is 5.10 Å². The first kappa shape index (κ1) is 63.8. The van der Waals surface area contributed by atoms with Crippen LogP contribution in [0.5, 0.6) is 5.88 Å². The molecule has 1 unspecified atom stereocenters. The summed E-state index contributed by atoms with van der Waals surface area (Å²) in [7, 11) is 4.95. The van der Waals surface area contributed by atoms with Crippen LogP contribution in [0.3, 0.4) is 0 Å². The molecular weight excluding hydrogens is 1070 g/mol. The predicted octanol–water partition coefficient (Wildman–Crippen LogP) is 4.39. The molecule has 2 aromatic heterocycles. The summed E-state index contributed by atoms with van der Waals surface area (Å²) < 4.78 is 45.2. The molecule has 2 bridgehead atoms. The maximum Gasteiger partial charge on any atom is 0.254 e. The highest BCUT2D eigenvalue weighted by Gasteiger charge is 2.45. The van der Waals surface area contributed by atoms with Crippen LogP contribution in [-0.4, -0.2) is 179 Å². The number of nitrogens with zero attached hydrogens (tertiary/aromatic N) is 6. The van der Waals surface area contributed by atoms with E-state index in [0.29, 0.717) is 130 Å². The molecule has 22 nitrogen and oxygen atoms in total. The van der Waals surface area contributed by atoms with E-state index in [1.54, 1.807) is 54.9 Å². The van der Waals surface area contributed by atoms with Crippen LogP contribution < -0.4 is 42.0 Å². The summed E-state index contributed by atoms with van der Waals surface area (Å²) >= 11 is 0. The van der Waals surface area contributed by atoms with Crippen LogP contribution in [0.1, 0.15) is 106 Å². The Bertz CT molecular complexity index is 2800. The lowest BCUT2D eigenvalue weighted by Gasteiger charge is -2.35. The fraction of sp³-hybridized carbons (Fsp3) is 0.583. The van der Waals surface area contributed by atoms with Crippen LogP contribution in [-0.2, 0) is 51.2 Å². The number of rotatable bonds is 29. The van der Waals surface area contributed by atoms with Gasteiger partial charge in [0.1, 0.15) is 17.7 Å². The van der Waals surface area contributed by atoms with Crippen molar-refractivity contribution >= 4 is 41.0 Å². The van der Waals surface area contributed by atoms with Crippen molar-refractivity contribution in [2.45, 2.75) is 110 Å². The molecule has 7 N–H and O–H groups in total. The van der Waals surface area contributed by atoms with Gasteiger partial charge in [0.2, 0.25) is 29.5 Å². The van der Waals surface area contributed by atoms with Gasteiger partial charge < -0.3 is 70.7 Å². The molecule has 83 heavy (non-hydrogen) atoms. The van der Waals surface area contributed by atoms with E-state index in [0.717, 1.165) is 12.0 Å². The van der Waals surface area contributed by atoms with Crippen molar-refractivity contribution in [2.24, 2.45) is 11.3 Å². The summed E-state index contributed by atoms with van der Waals surface area (Å²) in [5, 5.41) is 20.4. The Hall–Kier alpha value is -6.76. The summed E-state index contributed by atoms with van der Waals surface area (Å²) in [6, 6.07) is 14.3. The Morgan fingerprint density at radius 2 is 1.61 bits per heavy atom. The Balaban J connectivity index is 0.782. The average molecular weight is 1160 g/mol. The fourth-order valence-electron chi connectivity index (χ4n) is 10.9. The number of hydrogen-bond donors (Lipinski definition) is 6. The summed E-state index contributed by atoms with van der Waals surface area (Å²) in [6.07, 6.45) is 4.46. The first-order valence-electron chi connectivity index (χ1n) is 29.1. The normalized spacial score (nSPS) is 18.1. The van der Waals surface area contributed by atoms with Crippen molar-refractivity contribution in [3.63, 3.8) is 0 Å². The van der Waals surface area contributed by atoms with Gasteiger partial charge in [0.25, 0.3) is 5.91 Å². The van der Waals surface area contributed by atoms with Crippen molar-refractivity contribution in [3.05, 3.63) is 89.0 Å². The largest absolute Gasteiger partial charge is 0.481 e. The van der Waals surface area contributed by atoms with Crippen LogP contribution in [0.15, 0.2) is 60.8 Å². The lowest BCUT2D eigenvalue weighted by molar-refractivity contribution is -0.144. The number of amides is 5. The summed E-state index contributed by atoms with van der Waals surface area (Å²) in [5.41, 5.74) is 10.6. The number of nitrogens with two attached hydrogens (primary N) is 1. The molecule has 7 rings (SSSR count). The zero-order chi connectivity index (χ0) is 59.6. The van der Waals surface area contributed by atoms with Crippen molar-refractivity contribution < 1.29 is 52.0 Å². The number of likely N-dealkylation sites (tertiary alicyclic amines) is 1. The molecule has 0 saturated carbocycles. The van der Waals surface area contributed by atoms with E-state index < -0.39 is 29.2 Å². The third-order valence-corrected chi connectivity index (χ3v) is 15.6. The number of halogens is 1. The van der Waals surface area contributed by atoms with Gasteiger partial charge in [-0.25, -0.2) is 14.1 Å². The predicted molar refractivity (Wildman–Crippen MR) is 313 cm³/mol. The summed E-state index contributed by atoms with van der Waals surface area (Å²) in [4.78, 5) is 78.0. The molecule has 4 aromatic rings. The maximum absolute atomic E-state index is 14.7. The number of nitrogen functional groups attached to an aromatic ring is 1. The first-order chi connectivity index (χ1) is 39.9. The fourth-order valence-corrected chi connectivity index (χ4v) is 10.9. The zero-order valence-electron chi connectivity index (χ0n) is 49.6. The molecule has 0 aliphatic carbocycles. The average Bonchev–Trinajstić information content (AvgIpc) is 4.00. The molecule has 3 aliphatic heterocycles. The number of anilines is 2. The van der Waals surface area contributed by atoms with Crippen LogP contribution in [0.2, 0.25) is 0 Å². The molecule has 2 saturated heterocycles. The lowest BCUT2D eigenvalue weighted by Crippen LogP contribution is -2.53. The molecule has 0 spiro atoms. The summed E-state index contributed by atoms with van der Waals surface area (Å²) in [5.74, 6) is -1.26. The monoisotopic (exact) mass is 1150 g/mol. The molecule has 5 heterocycles. The van der Waals surface area contributed by atoms with Gasteiger partial charge in [-0.05, 0) is 80.5 Å². The van der Waals surface area contributed by atoms with Crippen LogP contribution in [0, 0.1) is 17.2 Å². The molecular formula is C60H87FN12O10. The molecule has 6 atom stereocenters. The minimum Gasteiger partial charge on any atom is -0.481 e. The molecule has 2 fully saturated rings. The third-order valence-electron chi connectivity index (χ3n) is 15.6. The van der Waals surface area contributed by atoms with Crippen molar-refractivity contribution in [3.8, 4) is 17.0 Å². The topological polar surface area (TPSA) is 258 Å². The van der Waals surface area contributed by atoms with Gasteiger partial charge >= 0.3 is 0 Å². The first-order valence-corrected chi connectivity index (χ1v) is 29.1. The van der Waals surface area contributed by atoms with E-state index in [4.69, 9.17) is 34.5 Å². The highest BCUT2D eigenvalue weighted by molar-refractivity contribution is 5.96. The Morgan fingerprint density at radius 3 is 2.29 bits per heavy atom. The van der Waals surface area contributed by atoms with Gasteiger partial charge in [0, 0.05) is 69.6 Å². The number of ether oxygens (including phenoxy) is 5. The van der Waals surface area contributed by atoms with Crippen molar-refractivity contribution in [2.75, 3.05) is 117 Å². The number of fused-ring (bicyclic) bond motifs is 8. The number of likely N-dealkylation sites (N-methyl/N-ethyl adjacent to an activating group) is 1.